The molecule has 2 nitrogen and oxygen atoms in total. The van der Waals surface area contributed by atoms with Crippen molar-refractivity contribution in [2.45, 2.75) is 59.9 Å². The fourth-order valence-corrected chi connectivity index (χ4v) is 3.04. The number of carbonyl (C=O) groups is 1. The van der Waals surface area contributed by atoms with E-state index in [0.717, 1.165) is 11.1 Å². The second kappa shape index (κ2) is 5.09. The summed E-state index contributed by atoms with van der Waals surface area (Å²) in [7, 11) is 0. The van der Waals surface area contributed by atoms with Crippen molar-refractivity contribution in [1.29, 1.82) is 0 Å². The average Bonchev–Trinajstić information content (AvgIpc) is 2.62. The first-order valence-electron chi connectivity index (χ1n) is 7.75. The first-order valence-corrected chi connectivity index (χ1v) is 7.75. The monoisotopic (exact) mass is 295 g/mol. The molecule has 0 saturated carbocycles. The van der Waals surface area contributed by atoms with Gasteiger partial charge >= 0.3 is 6.04 Å². The minimum atomic E-state index is -0.706. The highest BCUT2D eigenvalue weighted by molar-refractivity contribution is 6.03. The van der Waals surface area contributed by atoms with E-state index >= 15 is 0 Å². The van der Waals surface area contributed by atoms with Crippen LogP contribution in [0.2, 0.25) is 0 Å². The van der Waals surface area contributed by atoms with E-state index in [9.17, 15) is 4.79 Å². The van der Waals surface area contributed by atoms with Gasteiger partial charge in [0.05, 0.1) is 0 Å². The van der Waals surface area contributed by atoms with Crippen LogP contribution in [0, 0.1) is 25.8 Å². The summed E-state index contributed by atoms with van der Waals surface area (Å²) in [6.45, 7) is 21.7. The Labute approximate surface area is 134 Å². The van der Waals surface area contributed by atoms with E-state index in [1.807, 2.05) is 20.8 Å². The zero-order valence-electron chi connectivity index (χ0n) is 14.7. The lowest BCUT2D eigenvalue weighted by molar-refractivity contribution is -0.125. The van der Waals surface area contributed by atoms with Crippen molar-refractivity contribution in [2.75, 3.05) is 0 Å². The van der Waals surface area contributed by atoms with E-state index in [0.29, 0.717) is 0 Å². The van der Waals surface area contributed by atoms with Gasteiger partial charge in [0.1, 0.15) is 0 Å². The number of hydrogen-bond donors (Lipinski definition) is 0. The molecular weight excluding hydrogens is 270 g/mol. The molecule has 1 unspecified atom stereocenters. The molecule has 0 aliphatic heterocycles. The highest BCUT2D eigenvalue weighted by Crippen LogP contribution is 2.44. The molecule has 1 aromatic rings. The highest BCUT2D eigenvalue weighted by atomic mass is 16.1. The van der Waals surface area contributed by atoms with Crippen molar-refractivity contribution in [2.24, 2.45) is 5.41 Å². The molecule has 0 saturated heterocycles. The number of ketones is 1. The Balaban J connectivity index is 2.62. The number of nitrogens with zero attached hydrogens (tertiary/aromatic N) is 1. The van der Waals surface area contributed by atoms with Crippen molar-refractivity contribution in [1.82, 2.24) is 0 Å². The fourth-order valence-electron chi connectivity index (χ4n) is 3.04. The summed E-state index contributed by atoms with van der Waals surface area (Å²) < 4.78 is 0. The first-order chi connectivity index (χ1) is 9.99. The molecular formula is C20H25NO. The van der Waals surface area contributed by atoms with Gasteiger partial charge in [0.25, 0.3) is 0 Å². The molecule has 1 aliphatic carbocycles. The predicted molar refractivity (Wildman–Crippen MR) is 91.8 cm³/mol. The van der Waals surface area contributed by atoms with Crippen LogP contribution < -0.4 is 0 Å². The molecule has 0 radical (unpaired) electrons. The maximum absolute atomic E-state index is 12.7. The van der Waals surface area contributed by atoms with Gasteiger partial charge in [0.15, 0.2) is 0 Å². The number of fused-ring (bicyclic) bond motifs is 1. The average molecular weight is 295 g/mol. The van der Waals surface area contributed by atoms with E-state index in [4.69, 9.17) is 6.57 Å². The summed E-state index contributed by atoms with van der Waals surface area (Å²) in [5.74, 6) is -0.00405. The summed E-state index contributed by atoms with van der Waals surface area (Å²) >= 11 is 0. The van der Waals surface area contributed by atoms with Crippen molar-refractivity contribution >= 4 is 11.4 Å². The van der Waals surface area contributed by atoms with E-state index in [-0.39, 0.29) is 11.2 Å². The molecule has 2 heteroatoms. The Hall–Kier alpha value is -1.88. The second-order valence-electron chi connectivity index (χ2n) is 7.95. The van der Waals surface area contributed by atoms with Crippen LogP contribution in [-0.2, 0) is 10.2 Å². The SMILES string of the molecule is [C-]#[N+]C(C(=O)C(C)(C)C)C1=CC(C)(C)c2cc(C)c(C)cc21. The van der Waals surface area contributed by atoms with Gasteiger partial charge < -0.3 is 0 Å². The van der Waals surface area contributed by atoms with Crippen LogP contribution >= 0.6 is 0 Å². The van der Waals surface area contributed by atoms with Gasteiger partial charge in [0.2, 0.25) is 5.78 Å². The summed E-state index contributed by atoms with van der Waals surface area (Å²) in [4.78, 5) is 16.4. The predicted octanol–water partition coefficient (Wildman–Crippen LogP) is 4.88. The number of aryl methyl sites for hydroxylation is 2. The lowest BCUT2D eigenvalue weighted by Crippen LogP contribution is -2.31. The van der Waals surface area contributed by atoms with Crippen molar-refractivity contribution in [3.63, 3.8) is 0 Å². The molecule has 0 spiro atoms. The molecule has 116 valence electrons. The topological polar surface area (TPSA) is 21.4 Å². The summed E-state index contributed by atoms with van der Waals surface area (Å²) in [5.41, 5.74) is 5.00. The van der Waals surface area contributed by atoms with E-state index in [1.54, 1.807) is 0 Å². The smallest absolute Gasteiger partial charge is 0.300 e. The largest absolute Gasteiger partial charge is 0.306 e. The van der Waals surface area contributed by atoms with Crippen LogP contribution in [0.5, 0.6) is 0 Å². The molecule has 0 aromatic heterocycles. The fraction of sp³-hybridized carbons (Fsp3) is 0.500. The quantitative estimate of drug-likeness (QED) is 0.712. The van der Waals surface area contributed by atoms with Crippen LogP contribution in [-0.4, -0.2) is 11.8 Å². The third-order valence-corrected chi connectivity index (χ3v) is 4.57. The molecule has 1 aromatic carbocycles. The summed E-state index contributed by atoms with van der Waals surface area (Å²) in [5, 5.41) is 0. The van der Waals surface area contributed by atoms with Crippen molar-refractivity contribution < 1.29 is 4.79 Å². The Bertz CT molecular complexity index is 708. The zero-order chi connectivity index (χ0) is 16.9. The maximum Gasteiger partial charge on any atom is 0.306 e. The third-order valence-electron chi connectivity index (χ3n) is 4.57. The molecule has 0 N–H and O–H groups in total. The lowest BCUT2D eigenvalue weighted by atomic mass is 9.82. The first kappa shape index (κ1) is 16.5. The molecule has 0 bridgehead atoms. The maximum atomic E-state index is 12.7. The van der Waals surface area contributed by atoms with E-state index < -0.39 is 11.5 Å². The molecule has 2 rings (SSSR count). The minimum absolute atomic E-state index is 0.00405. The number of rotatable bonds is 2. The third kappa shape index (κ3) is 2.61. The van der Waals surface area contributed by atoms with E-state index in [1.165, 1.54) is 16.7 Å². The number of allylic oxidation sites excluding steroid dienone is 1. The number of Topliss-reactive ketones (excluding diaryl/α,β-unsaturated/α-hetero) is 1. The molecule has 22 heavy (non-hydrogen) atoms. The molecule has 0 amide bonds. The Morgan fingerprint density at radius 2 is 1.73 bits per heavy atom. The Kier molecular flexibility index (Phi) is 3.81. The van der Waals surface area contributed by atoms with Gasteiger partial charge in [-0.05, 0) is 36.1 Å². The van der Waals surface area contributed by atoms with E-state index in [2.05, 4.69) is 50.7 Å². The normalized spacial score (nSPS) is 17.5. The van der Waals surface area contributed by atoms with Gasteiger partial charge in [-0.3, -0.25) is 9.64 Å². The molecule has 0 fully saturated rings. The van der Waals surface area contributed by atoms with Crippen LogP contribution in [0.4, 0.5) is 0 Å². The van der Waals surface area contributed by atoms with Gasteiger partial charge in [-0.15, -0.1) is 0 Å². The Morgan fingerprint density at radius 3 is 2.23 bits per heavy atom. The number of carbonyl (C=O) groups excluding carboxylic acids is 1. The van der Waals surface area contributed by atoms with Crippen LogP contribution in [0.1, 0.15) is 56.9 Å². The molecule has 0 heterocycles. The zero-order valence-corrected chi connectivity index (χ0v) is 14.7. The van der Waals surface area contributed by atoms with Crippen molar-refractivity contribution in [3.05, 3.63) is 51.9 Å². The molecule has 1 aliphatic rings. The van der Waals surface area contributed by atoms with Gasteiger partial charge in [-0.25, -0.2) is 6.57 Å². The summed E-state index contributed by atoms with van der Waals surface area (Å²) in [6, 6.07) is 3.64. The van der Waals surface area contributed by atoms with Gasteiger partial charge in [0, 0.05) is 16.4 Å². The number of benzene rings is 1. The van der Waals surface area contributed by atoms with Crippen LogP contribution in [0.3, 0.4) is 0 Å². The van der Waals surface area contributed by atoms with Gasteiger partial charge in [-0.2, -0.15) is 0 Å². The highest BCUT2D eigenvalue weighted by Gasteiger charge is 2.42. The minimum Gasteiger partial charge on any atom is -0.300 e. The van der Waals surface area contributed by atoms with Crippen LogP contribution in [0.25, 0.3) is 10.4 Å². The Morgan fingerprint density at radius 1 is 1.18 bits per heavy atom. The standard InChI is InChI=1S/C20H25NO/c1-12-9-14-15(17(21-8)18(22)19(3,4)5)11-20(6,7)16(14)10-13(12)2/h9-11,17H,1-7H3. The second-order valence-corrected chi connectivity index (χ2v) is 7.95. The summed E-state index contributed by atoms with van der Waals surface area (Å²) in [6.07, 6.45) is 2.11. The van der Waals surface area contributed by atoms with Crippen molar-refractivity contribution in [3.8, 4) is 0 Å². The lowest BCUT2D eigenvalue weighted by Gasteiger charge is -2.19. The molecule has 1 atom stereocenters. The van der Waals surface area contributed by atoms with Crippen LogP contribution in [0.15, 0.2) is 18.2 Å². The van der Waals surface area contributed by atoms with Gasteiger partial charge in [-0.1, -0.05) is 52.8 Å². The number of hydrogen-bond acceptors (Lipinski definition) is 1.